The van der Waals surface area contributed by atoms with Crippen molar-refractivity contribution in [2.45, 2.75) is 39.2 Å². The molecular weight excluding hydrogens is 282 g/mol. The standard InChI is InChI=1S/C16H23N3OS/c1-5-10-17-15(12-6-8-13(20-4)9-7-12)16-14(11(2)3)18-19-21-16/h6-9,11,15,17H,5,10H2,1-4H3. The van der Waals surface area contributed by atoms with Crippen molar-refractivity contribution in [3.05, 3.63) is 40.4 Å². The van der Waals surface area contributed by atoms with Crippen molar-refractivity contribution < 1.29 is 4.74 Å². The van der Waals surface area contributed by atoms with Gasteiger partial charge in [-0.1, -0.05) is 37.4 Å². The molecule has 0 aliphatic heterocycles. The summed E-state index contributed by atoms with van der Waals surface area (Å²) in [7, 11) is 1.69. The normalized spacial score (nSPS) is 12.6. The summed E-state index contributed by atoms with van der Waals surface area (Å²) in [5.41, 5.74) is 2.31. The van der Waals surface area contributed by atoms with Gasteiger partial charge in [-0.3, -0.25) is 0 Å². The highest BCUT2D eigenvalue weighted by molar-refractivity contribution is 7.05. The van der Waals surface area contributed by atoms with Crippen LogP contribution in [0.4, 0.5) is 0 Å². The molecule has 2 rings (SSSR count). The fourth-order valence-corrected chi connectivity index (χ4v) is 3.16. The van der Waals surface area contributed by atoms with E-state index in [-0.39, 0.29) is 6.04 Å². The number of hydrogen-bond donors (Lipinski definition) is 1. The largest absolute Gasteiger partial charge is 0.497 e. The molecule has 0 saturated heterocycles. The van der Waals surface area contributed by atoms with Gasteiger partial charge in [0.1, 0.15) is 5.75 Å². The molecule has 1 aromatic heterocycles. The lowest BCUT2D eigenvalue weighted by atomic mass is 10.00. The average molecular weight is 305 g/mol. The second-order valence-corrected chi connectivity index (χ2v) is 6.12. The molecule has 0 aliphatic rings. The lowest BCUT2D eigenvalue weighted by Gasteiger charge is -2.19. The molecule has 0 saturated carbocycles. The van der Waals surface area contributed by atoms with Gasteiger partial charge in [0.15, 0.2) is 0 Å². The van der Waals surface area contributed by atoms with Crippen molar-refractivity contribution in [3.8, 4) is 5.75 Å². The van der Waals surface area contributed by atoms with Crippen LogP contribution in [0.15, 0.2) is 24.3 Å². The van der Waals surface area contributed by atoms with E-state index in [1.54, 1.807) is 7.11 Å². The molecule has 1 aromatic carbocycles. The molecule has 0 aliphatic carbocycles. The molecule has 0 radical (unpaired) electrons. The Labute approximate surface area is 130 Å². The number of methoxy groups -OCH3 is 1. The minimum atomic E-state index is 0.147. The number of nitrogens with zero attached hydrogens (tertiary/aromatic N) is 2. The highest BCUT2D eigenvalue weighted by Crippen LogP contribution is 2.31. The Morgan fingerprint density at radius 3 is 2.52 bits per heavy atom. The lowest BCUT2D eigenvalue weighted by molar-refractivity contribution is 0.414. The zero-order chi connectivity index (χ0) is 15.2. The quantitative estimate of drug-likeness (QED) is 0.846. The Bertz CT molecular complexity index is 551. The van der Waals surface area contributed by atoms with Gasteiger partial charge in [0.25, 0.3) is 0 Å². The zero-order valence-electron chi connectivity index (χ0n) is 13.1. The van der Waals surface area contributed by atoms with Crippen molar-refractivity contribution in [1.82, 2.24) is 14.9 Å². The monoisotopic (exact) mass is 305 g/mol. The summed E-state index contributed by atoms with van der Waals surface area (Å²) in [4.78, 5) is 1.21. The Balaban J connectivity index is 2.34. The summed E-state index contributed by atoms with van der Waals surface area (Å²) >= 11 is 1.49. The Morgan fingerprint density at radius 2 is 1.95 bits per heavy atom. The first-order valence-corrected chi connectivity index (χ1v) is 8.14. The summed E-state index contributed by atoms with van der Waals surface area (Å²) in [6, 6.07) is 8.36. The second-order valence-electron chi connectivity index (χ2n) is 5.34. The number of rotatable bonds is 7. The van der Waals surface area contributed by atoms with Crippen molar-refractivity contribution >= 4 is 11.5 Å². The van der Waals surface area contributed by atoms with Crippen LogP contribution in [-0.2, 0) is 0 Å². The first kappa shape index (κ1) is 15.9. The smallest absolute Gasteiger partial charge is 0.118 e. The maximum Gasteiger partial charge on any atom is 0.118 e. The molecular formula is C16H23N3OS. The lowest BCUT2D eigenvalue weighted by Crippen LogP contribution is -2.23. The number of benzene rings is 1. The van der Waals surface area contributed by atoms with E-state index >= 15 is 0 Å². The summed E-state index contributed by atoms with van der Waals surface area (Å²) in [6.45, 7) is 7.45. The Morgan fingerprint density at radius 1 is 1.24 bits per heavy atom. The molecule has 1 atom stereocenters. The van der Waals surface area contributed by atoms with Crippen molar-refractivity contribution in [3.63, 3.8) is 0 Å². The maximum absolute atomic E-state index is 5.24. The Hall–Kier alpha value is -1.46. The molecule has 2 aromatic rings. The highest BCUT2D eigenvalue weighted by atomic mass is 32.1. The predicted molar refractivity (Wildman–Crippen MR) is 87.1 cm³/mol. The fourth-order valence-electron chi connectivity index (χ4n) is 2.25. The molecule has 114 valence electrons. The van der Waals surface area contributed by atoms with Gasteiger partial charge in [0, 0.05) is 0 Å². The van der Waals surface area contributed by atoms with Gasteiger partial charge < -0.3 is 10.1 Å². The Kier molecular flexibility index (Phi) is 5.70. The molecule has 0 amide bonds. The molecule has 21 heavy (non-hydrogen) atoms. The fraction of sp³-hybridized carbons (Fsp3) is 0.500. The molecule has 0 spiro atoms. The third-order valence-electron chi connectivity index (χ3n) is 3.40. The van der Waals surface area contributed by atoms with Gasteiger partial charge in [-0.05, 0) is 48.1 Å². The number of hydrogen-bond acceptors (Lipinski definition) is 5. The summed E-state index contributed by atoms with van der Waals surface area (Å²) in [5, 5.41) is 7.92. The van der Waals surface area contributed by atoms with E-state index in [1.165, 1.54) is 22.0 Å². The minimum Gasteiger partial charge on any atom is -0.497 e. The summed E-state index contributed by atoms with van der Waals surface area (Å²) < 4.78 is 9.40. The minimum absolute atomic E-state index is 0.147. The van der Waals surface area contributed by atoms with Crippen molar-refractivity contribution in [2.24, 2.45) is 0 Å². The van der Waals surface area contributed by atoms with Gasteiger partial charge in [-0.15, -0.1) is 5.10 Å². The zero-order valence-corrected chi connectivity index (χ0v) is 13.9. The SMILES string of the molecule is CCCNC(c1ccc(OC)cc1)c1snnc1C(C)C. The van der Waals surface area contributed by atoms with Gasteiger partial charge in [0.05, 0.1) is 23.7 Å². The van der Waals surface area contributed by atoms with Gasteiger partial charge in [-0.25, -0.2) is 0 Å². The predicted octanol–water partition coefficient (Wildman–Crippen LogP) is 3.76. The van der Waals surface area contributed by atoms with Crippen molar-refractivity contribution in [1.29, 1.82) is 0 Å². The maximum atomic E-state index is 5.24. The number of ether oxygens (including phenoxy) is 1. The van der Waals surface area contributed by atoms with Crippen molar-refractivity contribution in [2.75, 3.05) is 13.7 Å². The number of nitrogens with one attached hydrogen (secondary N) is 1. The van der Waals surface area contributed by atoms with E-state index < -0.39 is 0 Å². The van der Waals surface area contributed by atoms with E-state index in [4.69, 9.17) is 4.74 Å². The molecule has 1 unspecified atom stereocenters. The van der Waals surface area contributed by atoms with Gasteiger partial charge in [-0.2, -0.15) is 0 Å². The van der Waals surface area contributed by atoms with Crippen LogP contribution in [0.1, 0.15) is 55.3 Å². The topological polar surface area (TPSA) is 47.0 Å². The van der Waals surface area contributed by atoms with Crippen LogP contribution in [-0.4, -0.2) is 23.2 Å². The third-order valence-corrected chi connectivity index (χ3v) is 4.20. The molecule has 5 heteroatoms. The molecule has 4 nitrogen and oxygen atoms in total. The van der Waals surface area contributed by atoms with Crippen LogP contribution in [0.5, 0.6) is 5.75 Å². The molecule has 0 bridgehead atoms. The second kappa shape index (κ2) is 7.52. The van der Waals surface area contributed by atoms with Crippen LogP contribution in [0.2, 0.25) is 0 Å². The van der Waals surface area contributed by atoms with Crippen LogP contribution >= 0.6 is 11.5 Å². The van der Waals surface area contributed by atoms with E-state index in [2.05, 4.69) is 47.8 Å². The van der Waals surface area contributed by atoms with Crippen LogP contribution in [0, 0.1) is 0 Å². The molecule has 0 fully saturated rings. The molecule has 1 N–H and O–H groups in total. The van der Waals surface area contributed by atoms with E-state index in [0.29, 0.717) is 5.92 Å². The third kappa shape index (κ3) is 3.80. The van der Waals surface area contributed by atoms with Gasteiger partial charge >= 0.3 is 0 Å². The van der Waals surface area contributed by atoms with Crippen LogP contribution in [0.25, 0.3) is 0 Å². The van der Waals surface area contributed by atoms with E-state index in [1.807, 2.05) is 12.1 Å². The summed E-state index contributed by atoms with van der Waals surface area (Å²) in [6.07, 6.45) is 1.09. The van der Waals surface area contributed by atoms with Crippen LogP contribution < -0.4 is 10.1 Å². The first-order valence-electron chi connectivity index (χ1n) is 7.36. The van der Waals surface area contributed by atoms with Gasteiger partial charge in [0.2, 0.25) is 0 Å². The van der Waals surface area contributed by atoms with Crippen LogP contribution in [0.3, 0.4) is 0 Å². The average Bonchev–Trinajstić information content (AvgIpc) is 2.98. The van der Waals surface area contributed by atoms with E-state index in [9.17, 15) is 0 Å². The first-order chi connectivity index (χ1) is 10.2. The summed E-state index contributed by atoms with van der Waals surface area (Å²) in [5.74, 6) is 1.25. The van der Waals surface area contributed by atoms with E-state index in [0.717, 1.165) is 24.4 Å². The highest BCUT2D eigenvalue weighted by Gasteiger charge is 2.22. The molecule has 1 heterocycles. The number of aromatic nitrogens is 2.